The van der Waals surface area contributed by atoms with E-state index in [0.29, 0.717) is 22.9 Å². The number of nitrogens with zero attached hydrogens (tertiary/aromatic N) is 3. The van der Waals surface area contributed by atoms with Crippen LogP contribution >= 0.6 is 0 Å². The van der Waals surface area contributed by atoms with E-state index in [4.69, 9.17) is 4.74 Å². The maximum Gasteiger partial charge on any atom is 0.282 e. The lowest BCUT2D eigenvalue weighted by Gasteiger charge is -2.33. The van der Waals surface area contributed by atoms with Crippen molar-refractivity contribution < 1.29 is 14.3 Å². The number of benzene rings is 2. The summed E-state index contributed by atoms with van der Waals surface area (Å²) in [6, 6.07) is 15.3. The Bertz CT molecular complexity index is 1070. The van der Waals surface area contributed by atoms with E-state index in [-0.39, 0.29) is 11.8 Å². The Morgan fingerprint density at radius 1 is 0.788 bits per heavy atom. The monoisotopic (exact) mass is 445 g/mol. The van der Waals surface area contributed by atoms with Crippen LogP contribution in [0.3, 0.4) is 0 Å². The third-order valence-corrected chi connectivity index (χ3v) is 6.99. The number of hydrogen-bond acceptors (Lipinski definition) is 5. The molecule has 0 saturated carbocycles. The number of ether oxygens (including phenoxy) is 1. The molecule has 33 heavy (non-hydrogen) atoms. The van der Waals surface area contributed by atoms with E-state index in [0.717, 1.165) is 56.0 Å². The minimum absolute atomic E-state index is 0.228. The molecule has 3 heterocycles. The molecule has 0 radical (unpaired) electrons. The standard InChI is InChI=1S/C27H31N3O3/c1-19-6-5-17-29(18-19)25-24(20-7-13-23(33-2)14-8-20)26(31)30(27(25)32)22-11-9-21(10-12-22)28-15-3-4-16-28/h7-14,19H,3-6,15-18H2,1-2H3. The Morgan fingerprint density at radius 3 is 2.06 bits per heavy atom. The summed E-state index contributed by atoms with van der Waals surface area (Å²) in [4.78, 5) is 33.3. The topological polar surface area (TPSA) is 53.1 Å². The van der Waals surface area contributed by atoms with Crippen molar-refractivity contribution in [1.82, 2.24) is 4.90 Å². The molecule has 172 valence electrons. The Morgan fingerprint density at radius 2 is 1.42 bits per heavy atom. The Kier molecular flexibility index (Phi) is 5.83. The van der Waals surface area contributed by atoms with Gasteiger partial charge in [0.15, 0.2) is 0 Å². The second-order valence-corrected chi connectivity index (χ2v) is 9.30. The molecule has 6 nitrogen and oxygen atoms in total. The molecule has 0 N–H and O–H groups in total. The number of carbonyl (C=O) groups excluding carboxylic acids is 2. The summed E-state index contributed by atoms with van der Waals surface area (Å²) >= 11 is 0. The van der Waals surface area contributed by atoms with Gasteiger partial charge in [0.25, 0.3) is 11.8 Å². The van der Waals surface area contributed by atoms with Gasteiger partial charge in [0.1, 0.15) is 11.4 Å². The summed E-state index contributed by atoms with van der Waals surface area (Å²) < 4.78 is 5.29. The average Bonchev–Trinajstić information content (AvgIpc) is 3.46. The Hall–Kier alpha value is -3.28. The van der Waals surface area contributed by atoms with Crippen LogP contribution in [0.2, 0.25) is 0 Å². The molecular weight excluding hydrogens is 414 g/mol. The van der Waals surface area contributed by atoms with Crippen LogP contribution in [0.25, 0.3) is 5.57 Å². The molecule has 0 aromatic heterocycles. The SMILES string of the molecule is COc1ccc(C2=C(N3CCCC(C)C3)C(=O)N(c3ccc(N4CCCC4)cc3)C2=O)cc1. The zero-order valence-electron chi connectivity index (χ0n) is 19.4. The lowest BCUT2D eigenvalue weighted by Crippen LogP contribution is -2.39. The summed E-state index contributed by atoms with van der Waals surface area (Å²) in [6.45, 7) is 5.90. The van der Waals surface area contributed by atoms with Crippen LogP contribution in [-0.2, 0) is 9.59 Å². The molecule has 0 aliphatic carbocycles. The van der Waals surface area contributed by atoms with Crippen molar-refractivity contribution in [3.05, 3.63) is 59.8 Å². The van der Waals surface area contributed by atoms with Crippen LogP contribution in [0.5, 0.6) is 5.75 Å². The molecule has 2 aromatic rings. The number of anilines is 2. The first-order valence-electron chi connectivity index (χ1n) is 11.9. The van der Waals surface area contributed by atoms with Crippen LogP contribution < -0.4 is 14.5 Å². The predicted octanol–water partition coefficient (Wildman–Crippen LogP) is 4.31. The largest absolute Gasteiger partial charge is 0.497 e. The quantitative estimate of drug-likeness (QED) is 0.642. The number of likely N-dealkylation sites (tertiary alicyclic amines) is 1. The number of methoxy groups -OCH3 is 1. The normalized spacial score (nSPS) is 21.4. The van der Waals surface area contributed by atoms with Gasteiger partial charge in [0, 0.05) is 31.9 Å². The van der Waals surface area contributed by atoms with Crippen molar-refractivity contribution in [2.75, 3.05) is 43.1 Å². The van der Waals surface area contributed by atoms with E-state index in [2.05, 4.69) is 16.7 Å². The highest BCUT2D eigenvalue weighted by atomic mass is 16.5. The number of carbonyl (C=O) groups is 2. The molecule has 1 unspecified atom stereocenters. The maximum absolute atomic E-state index is 13.7. The van der Waals surface area contributed by atoms with Crippen LogP contribution in [0.1, 0.15) is 38.2 Å². The van der Waals surface area contributed by atoms with Crippen LogP contribution in [0, 0.1) is 5.92 Å². The van der Waals surface area contributed by atoms with Gasteiger partial charge in [-0.25, -0.2) is 4.90 Å². The van der Waals surface area contributed by atoms with Crippen molar-refractivity contribution in [2.45, 2.75) is 32.6 Å². The molecule has 5 rings (SSSR count). The summed E-state index contributed by atoms with van der Waals surface area (Å²) in [6.07, 6.45) is 4.58. The molecule has 2 fully saturated rings. The fourth-order valence-electron chi connectivity index (χ4n) is 5.24. The van der Waals surface area contributed by atoms with Gasteiger partial charge in [-0.1, -0.05) is 19.1 Å². The molecule has 0 bridgehead atoms. The molecule has 6 heteroatoms. The average molecular weight is 446 g/mol. The predicted molar refractivity (Wildman–Crippen MR) is 130 cm³/mol. The summed E-state index contributed by atoms with van der Waals surface area (Å²) in [5.74, 6) is 0.722. The van der Waals surface area contributed by atoms with Gasteiger partial charge in [-0.2, -0.15) is 0 Å². The molecular formula is C27H31N3O3. The number of hydrogen-bond donors (Lipinski definition) is 0. The molecule has 1 atom stereocenters. The highest BCUT2D eigenvalue weighted by Crippen LogP contribution is 2.37. The lowest BCUT2D eigenvalue weighted by molar-refractivity contribution is -0.120. The number of rotatable bonds is 5. The lowest BCUT2D eigenvalue weighted by atomic mass is 9.98. The smallest absolute Gasteiger partial charge is 0.282 e. The first-order valence-corrected chi connectivity index (χ1v) is 11.9. The van der Waals surface area contributed by atoms with Crippen molar-refractivity contribution in [1.29, 1.82) is 0 Å². The summed E-state index contributed by atoms with van der Waals surface area (Å²) in [5, 5.41) is 0. The van der Waals surface area contributed by atoms with Gasteiger partial charge in [-0.15, -0.1) is 0 Å². The second-order valence-electron chi connectivity index (χ2n) is 9.30. The zero-order chi connectivity index (χ0) is 22.9. The fraction of sp³-hybridized carbons (Fsp3) is 0.407. The van der Waals surface area contributed by atoms with E-state index in [1.165, 1.54) is 17.7 Å². The zero-order valence-corrected chi connectivity index (χ0v) is 19.4. The van der Waals surface area contributed by atoms with Gasteiger partial charge in [-0.05, 0) is 73.6 Å². The van der Waals surface area contributed by atoms with Crippen LogP contribution in [0.15, 0.2) is 54.2 Å². The van der Waals surface area contributed by atoms with E-state index in [1.54, 1.807) is 7.11 Å². The fourth-order valence-corrected chi connectivity index (χ4v) is 5.24. The minimum Gasteiger partial charge on any atom is -0.497 e. The number of amides is 2. The highest BCUT2D eigenvalue weighted by Gasteiger charge is 2.43. The number of piperidine rings is 1. The molecule has 3 aliphatic rings. The van der Waals surface area contributed by atoms with Gasteiger partial charge >= 0.3 is 0 Å². The maximum atomic E-state index is 13.7. The summed E-state index contributed by atoms with van der Waals surface area (Å²) in [5.41, 5.74) is 3.53. The van der Waals surface area contributed by atoms with E-state index >= 15 is 0 Å². The summed E-state index contributed by atoms with van der Waals surface area (Å²) in [7, 11) is 1.62. The van der Waals surface area contributed by atoms with Gasteiger partial charge < -0.3 is 14.5 Å². The van der Waals surface area contributed by atoms with E-state index in [1.807, 2.05) is 48.5 Å². The van der Waals surface area contributed by atoms with E-state index < -0.39 is 0 Å². The van der Waals surface area contributed by atoms with Crippen LogP contribution in [-0.4, -0.2) is 50.0 Å². The molecule has 2 aromatic carbocycles. The molecule has 2 saturated heterocycles. The van der Waals surface area contributed by atoms with Crippen LogP contribution in [0.4, 0.5) is 11.4 Å². The first-order chi connectivity index (χ1) is 16.1. The van der Waals surface area contributed by atoms with Crippen molar-refractivity contribution in [2.24, 2.45) is 5.92 Å². The minimum atomic E-state index is -0.257. The Balaban J connectivity index is 1.51. The third-order valence-electron chi connectivity index (χ3n) is 6.99. The first kappa shape index (κ1) is 21.6. The van der Waals surface area contributed by atoms with Gasteiger partial charge in [0.05, 0.1) is 18.4 Å². The molecule has 2 amide bonds. The van der Waals surface area contributed by atoms with Gasteiger partial charge in [0.2, 0.25) is 0 Å². The van der Waals surface area contributed by atoms with Gasteiger partial charge in [-0.3, -0.25) is 9.59 Å². The Labute approximate surface area is 195 Å². The van der Waals surface area contributed by atoms with Crippen molar-refractivity contribution in [3.8, 4) is 5.75 Å². The second kappa shape index (κ2) is 8.93. The number of imide groups is 1. The van der Waals surface area contributed by atoms with Crippen molar-refractivity contribution in [3.63, 3.8) is 0 Å². The molecule has 0 spiro atoms. The molecule has 3 aliphatic heterocycles. The van der Waals surface area contributed by atoms with E-state index in [9.17, 15) is 9.59 Å². The van der Waals surface area contributed by atoms with Crippen molar-refractivity contribution >= 4 is 28.8 Å². The highest BCUT2D eigenvalue weighted by molar-refractivity contribution is 6.45. The third kappa shape index (κ3) is 3.99.